The molecular formula is C15H18ClN3O. The van der Waals surface area contributed by atoms with Gasteiger partial charge in [-0.05, 0) is 32.9 Å². The molecule has 2 rings (SSSR count). The molecule has 20 heavy (non-hydrogen) atoms. The predicted molar refractivity (Wildman–Crippen MR) is 79.7 cm³/mol. The van der Waals surface area contributed by atoms with Crippen molar-refractivity contribution in [2.75, 3.05) is 11.9 Å². The molecule has 1 aliphatic rings. The zero-order chi connectivity index (χ0) is 14.9. The van der Waals surface area contributed by atoms with Gasteiger partial charge in [-0.3, -0.25) is 4.79 Å². The van der Waals surface area contributed by atoms with Gasteiger partial charge >= 0.3 is 0 Å². The summed E-state index contributed by atoms with van der Waals surface area (Å²) in [6.45, 7) is 6.68. The van der Waals surface area contributed by atoms with E-state index in [2.05, 4.69) is 11.4 Å². The van der Waals surface area contributed by atoms with E-state index in [4.69, 9.17) is 16.9 Å². The first-order valence-corrected chi connectivity index (χ1v) is 6.96. The van der Waals surface area contributed by atoms with Gasteiger partial charge in [0, 0.05) is 18.5 Å². The molecule has 5 heteroatoms. The van der Waals surface area contributed by atoms with E-state index in [9.17, 15) is 4.79 Å². The van der Waals surface area contributed by atoms with Crippen molar-refractivity contribution < 1.29 is 4.79 Å². The fourth-order valence-electron chi connectivity index (χ4n) is 2.42. The van der Waals surface area contributed by atoms with Crippen molar-refractivity contribution >= 4 is 23.2 Å². The number of carbonyl (C=O) groups is 1. The number of para-hydroxylation sites is 1. The molecule has 1 fully saturated rings. The van der Waals surface area contributed by atoms with Crippen LogP contribution in [-0.2, 0) is 4.79 Å². The second-order valence-corrected chi connectivity index (χ2v) is 6.40. The highest BCUT2D eigenvalue weighted by molar-refractivity contribution is 6.33. The Morgan fingerprint density at radius 2 is 2.15 bits per heavy atom. The Hall–Kier alpha value is -1.73. The largest absolute Gasteiger partial charge is 0.378 e. The molecule has 1 aliphatic heterocycles. The minimum Gasteiger partial charge on any atom is -0.378 e. The summed E-state index contributed by atoms with van der Waals surface area (Å²) >= 11 is 6.14. The van der Waals surface area contributed by atoms with Crippen molar-refractivity contribution in [2.45, 2.75) is 38.8 Å². The molecule has 0 spiro atoms. The lowest BCUT2D eigenvalue weighted by Gasteiger charge is -2.32. The smallest absolute Gasteiger partial charge is 0.225 e. The molecule has 1 N–H and O–H groups in total. The van der Waals surface area contributed by atoms with Gasteiger partial charge < -0.3 is 10.2 Å². The number of anilines is 1. The summed E-state index contributed by atoms with van der Waals surface area (Å²) in [6.07, 6.45) is 0.424. The third-order valence-corrected chi connectivity index (χ3v) is 3.73. The quantitative estimate of drug-likeness (QED) is 0.911. The minimum atomic E-state index is -0.188. The maximum atomic E-state index is 12.0. The Kier molecular flexibility index (Phi) is 3.92. The van der Waals surface area contributed by atoms with Gasteiger partial charge in [-0.15, -0.1) is 0 Å². The van der Waals surface area contributed by atoms with E-state index in [0.717, 1.165) is 0 Å². The van der Waals surface area contributed by atoms with Crippen molar-refractivity contribution in [3.63, 3.8) is 0 Å². The molecule has 0 saturated carbocycles. The van der Waals surface area contributed by atoms with Gasteiger partial charge in [0.1, 0.15) is 6.07 Å². The van der Waals surface area contributed by atoms with Crippen molar-refractivity contribution in [2.24, 2.45) is 0 Å². The molecule has 1 amide bonds. The number of nitrogens with one attached hydrogen (secondary N) is 1. The van der Waals surface area contributed by atoms with Crippen LogP contribution in [0.3, 0.4) is 0 Å². The number of halogens is 1. The Labute approximate surface area is 124 Å². The SMILES string of the molecule is CC(C)(C)N1CC(Nc2c(Cl)cccc2C#N)CC1=O. The zero-order valence-electron chi connectivity index (χ0n) is 11.9. The molecule has 1 aromatic rings. The summed E-state index contributed by atoms with van der Waals surface area (Å²) in [5.41, 5.74) is 0.927. The molecule has 4 nitrogen and oxygen atoms in total. The highest BCUT2D eigenvalue weighted by atomic mass is 35.5. The summed E-state index contributed by atoms with van der Waals surface area (Å²) < 4.78 is 0. The van der Waals surface area contributed by atoms with Crippen LogP contribution in [0.15, 0.2) is 18.2 Å². The van der Waals surface area contributed by atoms with E-state index >= 15 is 0 Å². The summed E-state index contributed by atoms with van der Waals surface area (Å²) in [6, 6.07) is 7.30. The van der Waals surface area contributed by atoms with Gasteiger partial charge in [-0.1, -0.05) is 17.7 Å². The molecule has 0 aromatic heterocycles. The lowest BCUT2D eigenvalue weighted by molar-refractivity contribution is -0.131. The van der Waals surface area contributed by atoms with Gasteiger partial charge in [-0.25, -0.2) is 0 Å². The van der Waals surface area contributed by atoms with Crippen LogP contribution in [0.25, 0.3) is 0 Å². The first-order valence-electron chi connectivity index (χ1n) is 6.58. The van der Waals surface area contributed by atoms with Gasteiger partial charge in [0.05, 0.1) is 22.3 Å². The van der Waals surface area contributed by atoms with Crippen LogP contribution in [0.2, 0.25) is 5.02 Å². The lowest BCUT2D eigenvalue weighted by Crippen LogP contribution is -2.43. The average Bonchev–Trinajstić information content (AvgIpc) is 2.73. The molecule has 0 aliphatic carbocycles. The second kappa shape index (κ2) is 5.34. The molecule has 1 saturated heterocycles. The maximum Gasteiger partial charge on any atom is 0.225 e. The van der Waals surface area contributed by atoms with Crippen molar-refractivity contribution in [1.82, 2.24) is 4.90 Å². The maximum absolute atomic E-state index is 12.0. The number of nitriles is 1. The Morgan fingerprint density at radius 3 is 2.70 bits per heavy atom. The molecule has 1 aromatic carbocycles. The van der Waals surface area contributed by atoms with Crippen molar-refractivity contribution in [1.29, 1.82) is 5.26 Å². The monoisotopic (exact) mass is 291 g/mol. The van der Waals surface area contributed by atoms with Crippen molar-refractivity contribution in [3.8, 4) is 6.07 Å². The van der Waals surface area contributed by atoms with Gasteiger partial charge in [0.2, 0.25) is 5.91 Å². The van der Waals surface area contributed by atoms with E-state index in [0.29, 0.717) is 29.2 Å². The highest BCUT2D eigenvalue weighted by Gasteiger charge is 2.36. The average molecular weight is 292 g/mol. The number of hydrogen-bond donors (Lipinski definition) is 1. The number of benzene rings is 1. The third kappa shape index (κ3) is 2.88. The number of amides is 1. The van der Waals surface area contributed by atoms with Crippen LogP contribution < -0.4 is 5.32 Å². The minimum absolute atomic E-state index is 0.0197. The molecule has 1 atom stereocenters. The standard InChI is InChI=1S/C15H18ClN3O/c1-15(2,3)19-9-11(7-13(19)20)18-14-10(8-17)5-4-6-12(14)16/h4-6,11,18H,7,9H2,1-3H3. The molecule has 106 valence electrons. The Bertz CT molecular complexity index is 571. The van der Waals surface area contributed by atoms with E-state index < -0.39 is 0 Å². The first kappa shape index (κ1) is 14.7. The van der Waals surface area contributed by atoms with Gasteiger partial charge in [-0.2, -0.15) is 5.26 Å². The second-order valence-electron chi connectivity index (χ2n) is 5.99. The van der Waals surface area contributed by atoms with E-state index in [1.165, 1.54) is 0 Å². The van der Waals surface area contributed by atoms with Crippen LogP contribution in [0.4, 0.5) is 5.69 Å². The third-order valence-electron chi connectivity index (χ3n) is 3.42. The van der Waals surface area contributed by atoms with Crippen LogP contribution in [0.5, 0.6) is 0 Å². The number of rotatable bonds is 2. The van der Waals surface area contributed by atoms with E-state index in [-0.39, 0.29) is 17.5 Å². The summed E-state index contributed by atoms with van der Waals surface area (Å²) in [4.78, 5) is 13.9. The molecule has 0 bridgehead atoms. The predicted octanol–water partition coefficient (Wildman–Crippen LogP) is 3.02. The molecular weight excluding hydrogens is 274 g/mol. The summed E-state index contributed by atoms with van der Waals surface area (Å²) in [7, 11) is 0. The Balaban J connectivity index is 2.18. The fraction of sp³-hybridized carbons (Fsp3) is 0.467. The first-order chi connectivity index (χ1) is 9.32. The van der Waals surface area contributed by atoms with Crippen LogP contribution >= 0.6 is 11.6 Å². The highest BCUT2D eigenvalue weighted by Crippen LogP contribution is 2.29. The molecule has 1 heterocycles. The van der Waals surface area contributed by atoms with Crippen LogP contribution in [0, 0.1) is 11.3 Å². The van der Waals surface area contributed by atoms with E-state index in [1.54, 1.807) is 18.2 Å². The van der Waals surface area contributed by atoms with Gasteiger partial charge in [0.15, 0.2) is 0 Å². The number of hydrogen-bond acceptors (Lipinski definition) is 3. The normalized spacial score (nSPS) is 19.1. The zero-order valence-corrected chi connectivity index (χ0v) is 12.7. The topological polar surface area (TPSA) is 56.1 Å². The Morgan fingerprint density at radius 1 is 1.45 bits per heavy atom. The number of nitrogens with zero attached hydrogens (tertiary/aromatic N) is 2. The van der Waals surface area contributed by atoms with Gasteiger partial charge in [0.25, 0.3) is 0 Å². The van der Waals surface area contributed by atoms with Crippen LogP contribution in [0.1, 0.15) is 32.8 Å². The number of likely N-dealkylation sites (tertiary alicyclic amines) is 1. The molecule has 0 radical (unpaired) electrons. The summed E-state index contributed by atoms with van der Waals surface area (Å²) in [5.74, 6) is 0.126. The molecule has 1 unspecified atom stereocenters. The van der Waals surface area contributed by atoms with Crippen molar-refractivity contribution in [3.05, 3.63) is 28.8 Å². The summed E-state index contributed by atoms with van der Waals surface area (Å²) in [5, 5.41) is 12.9. The van der Waals surface area contributed by atoms with E-state index in [1.807, 2.05) is 25.7 Å². The van der Waals surface area contributed by atoms with Crippen LogP contribution in [-0.4, -0.2) is 28.9 Å². The number of carbonyl (C=O) groups excluding carboxylic acids is 1. The lowest BCUT2D eigenvalue weighted by atomic mass is 10.1. The fourth-order valence-corrected chi connectivity index (χ4v) is 2.65.